The lowest BCUT2D eigenvalue weighted by Crippen LogP contribution is -2.64. The van der Waals surface area contributed by atoms with Crippen molar-refractivity contribution in [1.82, 2.24) is 0 Å². The van der Waals surface area contributed by atoms with Gasteiger partial charge in [0.1, 0.15) is 36.6 Å². The largest absolute Gasteiger partial charge is 0.479 e. The summed E-state index contributed by atoms with van der Waals surface area (Å²) in [5.74, 6) is -1.58. The van der Waals surface area contributed by atoms with Crippen LogP contribution in [0.1, 0.15) is 6.92 Å². The van der Waals surface area contributed by atoms with Crippen LogP contribution in [0.4, 0.5) is 0 Å². The van der Waals surface area contributed by atoms with Gasteiger partial charge in [-0.1, -0.05) is 0 Å². The van der Waals surface area contributed by atoms with E-state index in [1.54, 1.807) is 0 Å². The van der Waals surface area contributed by atoms with Crippen molar-refractivity contribution >= 4 is 5.97 Å². The fourth-order valence-electron chi connectivity index (χ4n) is 2.48. The van der Waals surface area contributed by atoms with Gasteiger partial charge < -0.3 is 50.0 Å². The van der Waals surface area contributed by atoms with Gasteiger partial charge in [0.15, 0.2) is 18.7 Å². The number of carbonyl (C=O) groups is 1. The van der Waals surface area contributed by atoms with E-state index in [1.165, 1.54) is 6.92 Å². The summed E-state index contributed by atoms with van der Waals surface area (Å²) in [7, 11) is 0. The average Bonchev–Trinajstić information content (AvgIpc) is 2.50. The molecule has 0 unspecified atom stereocenters. The summed E-state index contributed by atoms with van der Waals surface area (Å²) < 4.78 is 15.0. The zero-order valence-corrected chi connectivity index (χ0v) is 12.0. The number of ether oxygens (including phenoxy) is 3. The first kappa shape index (κ1) is 18.4. The van der Waals surface area contributed by atoms with Crippen LogP contribution in [0.25, 0.3) is 0 Å². The van der Waals surface area contributed by atoms with Crippen LogP contribution in [-0.2, 0) is 19.0 Å². The maximum atomic E-state index is 11.2. The van der Waals surface area contributed by atoms with E-state index in [0.717, 1.165) is 0 Å². The van der Waals surface area contributed by atoms with Gasteiger partial charge in [-0.25, -0.2) is 4.79 Å². The average molecular weight is 340 g/mol. The molecule has 0 aromatic heterocycles. The normalized spacial score (nSPS) is 51.4. The molecule has 10 atom stereocenters. The summed E-state index contributed by atoms with van der Waals surface area (Å²) >= 11 is 0. The van der Waals surface area contributed by atoms with E-state index in [-0.39, 0.29) is 0 Å². The Labute approximate surface area is 130 Å². The molecule has 2 saturated heterocycles. The Hall–Kier alpha value is -0.890. The zero-order valence-electron chi connectivity index (χ0n) is 12.0. The molecule has 0 radical (unpaired) electrons. The van der Waals surface area contributed by atoms with Crippen molar-refractivity contribution in [3.05, 3.63) is 0 Å². The molecule has 134 valence electrons. The first-order chi connectivity index (χ1) is 10.6. The molecule has 0 spiro atoms. The number of hydrogen-bond acceptors (Lipinski definition) is 10. The number of aliphatic carboxylic acids is 1. The molecule has 0 saturated carbocycles. The quantitative estimate of drug-likeness (QED) is 0.263. The van der Waals surface area contributed by atoms with Crippen molar-refractivity contribution in [2.24, 2.45) is 0 Å². The SMILES string of the molecule is C[C@@H]1O[C@@H](O[C@H]2[C@H](O)[C@@H](O)[C@H](O)O[C@@H]2C(=O)O)[C@@H](O)[C@H](O)[C@@H]1O. The molecule has 2 fully saturated rings. The monoisotopic (exact) mass is 340 g/mol. The number of rotatable bonds is 3. The van der Waals surface area contributed by atoms with Crippen LogP contribution in [-0.4, -0.2) is 103 Å². The van der Waals surface area contributed by atoms with Crippen LogP contribution < -0.4 is 0 Å². The highest BCUT2D eigenvalue weighted by molar-refractivity contribution is 5.73. The van der Waals surface area contributed by atoms with E-state index in [9.17, 15) is 35.4 Å². The van der Waals surface area contributed by atoms with Gasteiger partial charge in [0.2, 0.25) is 0 Å². The highest BCUT2D eigenvalue weighted by Crippen LogP contribution is 2.28. The van der Waals surface area contributed by atoms with Gasteiger partial charge in [0, 0.05) is 0 Å². The molecule has 0 aromatic rings. The maximum absolute atomic E-state index is 11.2. The van der Waals surface area contributed by atoms with E-state index < -0.39 is 67.4 Å². The number of aliphatic hydroxyl groups is 6. The predicted molar refractivity (Wildman–Crippen MR) is 67.8 cm³/mol. The molecule has 2 heterocycles. The van der Waals surface area contributed by atoms with Gasteiger partial charge in [-0.3, -0.25) is 0 Å². The van der Waals surface area contributed by atoms with Crippen LogP contribution >= 0.6 is 0 Å². The Morgan fingerprint density at radius 1 is 0.870 bits per heavy atom. The lowest BCUT2D eigenvalue weighted by Gasteiger charge is -2.44. The second-order valence-corrected chi connectivity index (χ2v) is 5.55. The van der Waals surface area contributed by atoms with Crippen molar-refractivity contribution in [2.75, 3.05) is 0 Å². The van der Waals surface area contributed by atoms with Gasteiger partial charge in [-0.2, -0.15) is 0 Å². The molecule has 11 heteroatoms. The third-order valence-corrected chi connectivity index (χ3v) is 3.91. The molecule has 0 bridgehead atoms. The molecule has 2 aliphatic heterocycles. The number of hydrogen-bond donors (Lipinski definition) is 7. The summed E-state index contributed by atoms with van der Waals surface area (Å²) in [6, 6.07) is 0. The van der Waals surface area contributed by atoms with Crippen LogP contribution in [0.2, 0.25) is 0 Å². The fraction of sp³-hybridized carbons (Fsp3) is 0.917. The second-order valence-electron chi connectivity index (χ2n) is 5.55. The van der Waals surface area contributed by atoms with Gasteiger partial charge in [0.05, 0.1) is 6.10 Å². The molecule has 23 heavy (non-hydrogen) atoms. The van der Waals surface area contributed by atoms with Crippen molar-refractivity contribution in [3.63, 3.8) is 0 Å². The Bertz CT molecular complexity index is 431. The summed E-state index contributed by atoms with van der Waals surface area (Å²) in [4.78, 5) is 11.2. The van der Waals surface area contributed by atoms with Gasteiger partial charge in [-0.05, 0) is 6.92 Å². The fourth-order valence-corrected chi connectivity index (χ4v) is 2.48. The molecule has 2 rings (SSSR count). The molecule has 2 aliphatic rings. The minimum atomic E-state index is -1.94. The van der Waals surface area contributed by atoms with E-state index >= 15 is 0 Å². The van der Waals surface area contributed by atoms with E-state index in [4.69, 9.17) is 14.6 Å². The van der Waals surface area contributed by atoms with E-state index in [2.05, 4.69) is 4.74 Å². The molecular formula is C12H20O11. The van der Waals surface area contributed by atoms with Crippen molar-refractivity contribution in [1.29, 1.82) is 0 Å². The Morgan fingerprint density at radius 3 is 2.04 bits per heavy atom. The lowest BCUT2D eigenvalue weighted by atomic mass is 9.97. The molecule has 0 amide bonds. The Kier molecular flexibility index (Phi) is 5.56. The third-order valence-electron chi connectivity index (χ3n) is 3.91. The molecule has 11 nitrogen and oxygen atoms in total. The molecule has 0 aromatic carbocycles. The summed E-state index contributed by atoms with van der Waals surface area (Å²) in [5.41, 5.74) is 0. The maximum Gasteiger partial charge on any atom is 0.335 e. The minimum absolute atomic E-state index is 0.946. The van der Waals surface area contributed by atoms with Crippen LogP contribution in [0.15, 0.2) is 0 Å². The highest BCUT2D eigenvalue weighted by atomic mass is 16.7. The third kappa shape index (κ3) is 3.47. The zero-order chi connectivity index (χ0) is 17.5. The Morgan fingerprint density at radius 2 is 1.48 bits per heavy atom. The van der Waals surface area contributed by atoms with Gasteiger partial charge in [-0.15, -0.1) is 0 Å². The van der Waals surface area contributed by atoms with Crippen LogP contribution in [0.5, 0.6) is 0 Å². The molecule has 0 aliphatic carbocycles. The Balaban J connectivity index is 2.16. The van der Waals surface area contributed by atoms with Crippen molar-refractivity contribution < 1.29 is 54.8 Å². The number of carboxylic acid groups (broad SMARTS) is 1. The summed E-state index contributed by atoms with van der Waals surface area (Å²) in [6.45, 7) is 1.39. The van der Waals surface area contributed by atoms with Crippen LogP contribution in [0, 0.1) is 0 Å². The first-order valence-corrected chi connectivity index (χ1v) is 6.92. The number of carboxylic acids is 1. The van der Waals surface area contributed by atoms with E-state index in [1.807, 2.05) is 0 Å². The summed E-state index contributed by atoms with van der Waals surface area (Å²) in [5, 5.41) is 67.0. The standard InChI is InChI=1S/C12H20O11/c1-2-3(13)4(14)7(17)12(21-2)23-8-5(15)6(16)11(20)22-9(8)10(18)19/h2-9,11-17,20H,1H3,(H,18,19)/t2-,3+,4+,5+,6+,7-,8-,9-,11+,12-/m0/s1. The van der Waals surface area contributed by atoms with E-state index in [0.29, 0.717) is 0 Å². The van der Waals surface area contributed by atoms with Crippen molar-refractivity contribution in [2.45, 2.75) is 68.3 Å². The second kappa shape index (κ2) is 6.93. The molecular weight excluding hydrogens is 320 g/mol. The minimum Gasteiger partial charge on any atom is -0.479 e. The van der Waals surface area contributed by atoms with Gasteiger partial charge >= 0.3 is 5.97 Å². The predicted octanol–water partition coefficient (Wildman–Crippen LogP) is -4.28. The van der Waals surface area contributed by atoms with Crippen molar-refractivity contribution in [3.8, 4) is 0 Å². The highest BCUT2D eigenvalue weighted by Gasteiger charge is 2.51. The topological polar surface area (TPSA) is 186 Å². The number of aliphatic hydroxyl groups excluding tert-OH is 6. The first-order valence-electron chi connectivity index (χ1n) is 6.92. The van der Waals surface area contributed by atoms with Crippen LogP contribution in [0.3, 0.4) is 0 Å². The summed E-state index contributed by atoms with van der Waals surface area (Å²) in [6.07, 6.45) is -16.4. The smallest absolute Gasteiger partial charge is 0.335 e. The molecule has 7 N–H and O–H groups in total. The lowest BCUT2D eigenvalue weighted by molar-refractivity contribution is -0.347. The van der Waals surface area contributed by atoms with Gasteiger partial charge in [0.25, 0.3) is 0 Å².